The number of nitriles is 1. The summed E-state index contributed by atoms with van der Waals surface area (Å²) in [7, 11) is 1.98. The monoisotopic (exact) mass is 236 g/mol. The second-order valence-corrected chi connectivity index (χ2v) is 4.25. The lowest BCUT2D eigenvalue weighted by Gasteiger charge is -2.05. The number of hydrogen-bond donors (Lipinski definition) is 0. The Morgan fingerprint density at radius 3 is 2.89 bits per heavy atom. The molecule has 3 rings (SSSR count). The summed E-state index contributed by atoms with van der Waals surface area (Å²) in [6.07, 6.45) is 5.73. The molecule has 4 heteroatoms. The van der Waals surface area contributed by atoms with Gasteiger partial charge in [-0.25, -0.2) is 4.98 Å². The Labute approximate surface area is 105 Å². The molecule has 2 heterocycles. The third kappa shape index (κ3) is 1.57. The first kappa shape index (κ1) is 10.6. The highest BCUT2D eigenvalue weighted by atomic mass is 15.1. The normalized spacial score (nSPS) is 10.7. The number of aromatic nitrogens is 3. The summed E-state index contributed by atoms with van der Waals surface area (Å²) in [5, 5.41) is 10.1. The number of rotatable bonds is 2. The molecule has 0 aliphatic rings. The smallest absolute Gasteiger partial charge is 0.128 e. The molecule has 4 nitrogen and oxygen atoms in total. The number of hydrogen-bond acceptors (Lipinski definition) is 2. The van der Waals surface area contributed by atoms with Crippen molar-refractivity contribution in [3.05, 3.63) is 54.2 Å². The van der Waals surface area contributed by atoms with E-state index in [1.165, 1.54) is 0 Å². The van der Waals surface area contributed by atoms with Crippen molar-refractivity contribution in [2.45, 2.75) is 6.54 Å². The van der Waals surface area contributed by atoms with Crippen LogP contribution in [0.4, 0.5) is 0 Å². The number of nitrogens with zero attached hydrogens (tertiary/aromatic N) is 4. The summed E-state index contributed by atoms with van der Waals surface area (Å²) in [5.41, 5.74) is 1.78. The summed E-state index contributed by atoms with van der Waals surface area (Å²) in [4.78, 5) is 4.32. The molecule has 0 aliphatic heterocycles. The molecule has 0 fully saturated rings. The highest BCUT2D eigenvalue weighted by molar-refractivity contribution is 5.86. The van der Waals surface area contributed by atoms with Gasteiger partial charge in [0.1, 0.15) is 5.82 Å². The molecule has 0 radical (unpaired) electrons. The van der Waals surface area contributed by atoms with Crippen LogP contribution in [0.5, 0.6) is 0 Å². The van der Waals surface area contributed by atoms with Crippen LogP contribution in [0.2, 0.25) is 0 Å². The molecule has 1 aromatic carbocycles. The second-order valence-electron chi connectivity index (χ2n) is 4.25. The van der Waals surface area contributed by atoms with Crippen molar-refractivity contribution in [3.8, 4) is 6.07 Å². The Balaban J connectivity index is 2.09. The van der Waals surface area contributed by atoms with E-state index in [9.17, 15) is 0 Å². The lowest BCUT2D eigenvalue weighted by Crippen LogP contribution is -2.04. The first-order valence-corrected chi connectivity index (χ1v) is 5.74. The molecule has 88 valence electrons. The van der Waals surface area contributed by atoms with Gasteiger partial charge in [0.25, 0.3) is 0 Å². The molecule has 18 heavy (non-hydrogen) atoms. The Hall–Kier alpha value is -2.54. The SMILES string of the molecule is Cn1ccnc1Cn1ccc2c(C#N)cccc21. The molecule has 0 amide bonds. The van der Waals surface area contributed by atoms with E-state index in [1.807, 2.05) is 48.3 Å². The molecule has 0 spiro atoms. The van der Waals surface area contributed by atoms with Crippen LogP contribution in [0.25, 0.3) is 10.9 Å². The van der Waals surface area contributed by atoms with Crippen molar-refractivity contribution in [1.29, 1.82) is 5.26 Å². The zero-order chi connectivity index (χ0) is 12.5. The molecule has 0 unspecified atom stereocenters. The predicted molar refractivity (Wildman–Crippen MR) is 69.0 cm³/mol. The number of aryl methyl sites for hydroxylation is 1. The van der Waals surface area contributed by atoms with Crippen LogP contribution in [0.15, 0.2) is 42.9 Å². The Morgan fingerprint density at radius 2 is 2.17 bits per heavy atom. The van der Waals surface area contributed by atoms with Crippen molar-refractivity contribution < 1.29 is 0 Å². The van der Waals surface area contributed by atoms with E-state index in [1.54, 1.807) is 6.20 Å². The number of fused-ring (bicyclic) bond motifs is 1. The van der Waals surface area contributed by atoms with Gasteiger partial charge in [-0.05, 0) is 18.2 Å². The van der Waals surface area contributed by atoms with Gasteiger partial charge in [-0.3, -0.25) is 0 Å². The predicted octanol–water partition coefficient (Wildman–Crippen LogP) is 2.29. The van der Waals surface area contributed by atoms with Gasteiger partial charge in [0, 0.05) is 36.5 Å². The third-order valence-electron chi connectivity index (χ3n) is 3.17. The average molecular weight is 236 g/mol. The molecule has 2 aromatic heterocycles. The van der Waals surface area contributed by atoms with Gasteiger partial charge in [-0.2, -0.15) is 5.26 Å². The minimum absolute atomic E-state index is 0.710. The maximum Gasteiger partial charge on any atom is 0.128 e. The van der Waals surface area contributed by atoms with Crippen LogP contribution in [0.3, 0.4) is 0 Å². The van der Waals surface area contributed by atoms with E-state index in [-0.39, 0.29) is 0 Å². The van der Waals surface area contributed by atoms with E-state index >= 15 is 0 Å². The van der Waals surface area contributed by atoms with Gasteiger partial charge >= 0.3 is 0 Å². The highest BCUT2D eigenvalue weighted by Gasteiger charge is 2.07. The zero-order valence-electron chi connectivity index (χ0n) is 10.0. The lowest BCUT2D eigenvalue weighted by molar-refractivity contribution is 0.718. The molecule has 3 aromatic rings. The maximum absolute atomic E-state index is 9.07. The molecule has 0 bridgehead atoms. The minimum Gasteiger partial charge on any atom is -0.340 e. The van der Waals surface area contributed by atoms with Gasteiger partial charge in [0.15, 0.2) is 0 Å². The quantitative estimate of drug-likeness (QED) is 0.685. The van der Waals surface area contributed by atoms with Crippen LogP contribution in [-0.2, 0) is 13.6 Å². The average Bonchev–Trinajstić information content (AvgIpc) is 2.97. The molecule has 0 atom stereocenters. The fraction of sp³-hybridized carbons (Fsp3) is 0.143. The van der Waals surface area contributed by atoms with Crippen molar-refractivity contribution in [2.24, 2.45) is 7.05 Å². The fourth-order valence-corrected chi connectivity index (χ4v) is 2.16. The summed E-state index contributed by atoms with van der Waals surface area (Å²) in [5.74, 6) is 0.995. The lowest BCUT2D eigenvalue weighted by atomic mass is 10.1. The van der Waals surface area contributed by atoms with Gasteiger partial charge in [-0.1, -0.05) is 6.07 Å². The Bertz CT molecular complexity index is 743. The van der Waals surface area contributed by atoms with Crippen molar-refractivity contribution in [2.75, 3.05) is 0 Å². The first-order valence-electron chi connectivity index (χ1n) is 5.74. The molecular formula is C14H12N4. The van der Waals surface area contributed by atoms with Crippen LogP contribution in [-0.4, -0.2) is 14.1 Å². The van der Waals surface area contributed by atoms with E-state index in [2.05, 4.69) is 15.6 Å². The molecule has 0 N–H and O–H groups in total. The summed E-state index contributed by atoms with van der Waals surface area (Å²) in [6.45, 7) is 0.710. The highest BCUT2D eigenvalue weighted by Crippen LogP contribution is 2.20. The van der Waals surface area contributed by atoms with Gasteiger partial charge in [0.05, 0.1) is 18.2 Å². The standard InChI is InChI=1S/C14H12N4/c1-17-8-6-16-14(17)10-18-7-5-12-11(9-15)3-2-4-13(12)18/h2-8H,10H2,1H3. The largest absolute Gasteiger partial charge is 0.340 e. The van der Waals surface area contributed by atoms with E-state index in [4.69, 9.17) is 5.26 Å². The molecule has 0 aliphatic carbocycles. The molecule has 0 saturated heterocycles. The van der Waals surface area contributed by atoms with E-state index in [0.717, 1.165) is 16.7 Å². The maximum atomic E-state index is 9.07. The van der Waals surface area contributed by atoms with Gasteiger partial charge in [-0.15, -0.1) is 0 Å². The summed E-state index contributed by atoms with van der Waals surface area (Å²) >= 11 is 0. The van der Waals surface area contributed by atoms with Crippen molar-refractivity contribution in [1.82, 2.24) is 14.1 Å². The summed E-state index contributed by atoms with van der Waals surface area (Å²) < 4.78 is 4.11. The second kappa shape index (κ2) is 4.04. The van der Waals surface area contributed by atoms with Crippen LogP contribution < -0.4 is 0 Å². The first-order chi connectivity index (χ1) is 8.79. The molecular weight excluding hydrogens is 224 g/mol. The number of imidazole rings is 1. The van der Waals surface area contributed by atoms with E-state index < -0.39 is 0 Å². The van der Waals surface area contributed by atoms with Crippen molar-refractivity contribution >= 4 is 10.9 Å². The minimum atomic E-state index is 0.710. The van der Waals surface area contributed by atoms with Crippen LogP contribution in [0, 0.1) is 11.3 Å². The third-order valence-corrected chi connectivity index (χ3v) is 3.17. The number of benzene rings is 1. The van der Waals surface area contributed by atoms with Gasteiger partial charge in [0.2, 0.25) is 0 Å². The summed E-state index contributed by atoms with van der Waals surface area (Å²) in [6, 6.07) is 9.98. The topological polar surface area (TPSA) is 46.5 Å². The fourth-order valence-electron chi connectivity index (χ4n) is 2.16. The van der Waals surface area contributed by atoms with Crippen LogP contribution >= 0.6 is 0 Å². The van der Waals surface area contributed by atoms with Crippen molar-refractivity contribution in [3.63, 3.8) is 0 Å². The molecule has 0 saturated carbocycles. The Morgan fingerprint density at radius 1 is 1.28 bits per heavy atom. The Kier molecular flexibility index (Phi) is 2.38. The van der Waals surface area contributed by atoms with Gasteiger partial charge < -0.3 is 9.13 Å². The zero-order valence-corrected chi connectivity index (χ0v) is 10.0. The van der Waals surface area contributed by atoms with E-state index in [0.29, 0.717) is 12.1 Å². The van der Waals surface area contributed by atoms with Crippen LogP contribution in [0.1, 0.15) is 11.4 Å².